The first-order valence-corrected chi connectivity index (χ1v) is 7.93. The summed E-state index contributed by atoms with van der Waals surface area (Å²) in [6, 6.07) is 4.91. The first kappa shape index (κ1) is 13.3. The average Bonchev–Trinajstić information content (AvgIpc) is 2.65. The highest BCUT2D eigenvalue weighted by atomic mass is 79.9. The molecule has 0 radical (unpaired) electrons. The third-order valence-electron chi connectivity index (χ3n) is 3.76. The van der Waals surface area contributed by atoms with Crippen LogP contribution in [0.3, 0.4) is 0 Å². The Morgan fingerprint density at radius 1 is 1.16 bits per heavy atom. The number of nitrogens with one attached hydrogen (secondary N) is 1. The summed E-state index contributed by atoms with van der Waals surface area (Å²) in [5.74, 6) is 1.75. The van der Waals surface area contributed by atoms with Crippen LogP contribution in [0.1, 0.15) is 31.2 Å². The molecule has 0 spiro atoms. The second-order valence-corrected chi connectivity index (χ2v) is 6.16. The molecule has 0 amide bonds. The molecular weight excluding hydrogens is 306 g/mol. The van der Waals surface area contributed by atoms with Crippen LogP contribution in [0, 0.1) is 0 Å². The Balaban J connectivity index is 1.78. The minimum Gasteiger partial charge on any atom is -0.490 e. The van der Waals surface area contributed by atoms with Crippen molar-refractivity contribution in [1.29, 1.82) is 0 Å². The summed E-state index contributed by atoms with van der Waals surface area (Å²) in [7, 11) is 0. The van der Waals surface area contributed by atoms with Gasteiger partial charge in [0, 0.05) is 12.5 Å². The van der Waals surface area contributed by atoms with E-state index in [-0.39, 0.29) is 0 Å². The van der Waals surface area contributed by atoms with Crippen molar-refractivity contribution in [2.45, 2.75) is 38.1 Å². The van der Waals surface area contributed by atoms with E-state index in [2.05, 4.69) is 33.4 Å². The zero-order valence-corrected chi connectivity index (χ0v) is 12.7. The lowest BCUT2D eigenvalue weighted by Crippen LogP contribution is -2.35. The molecule has 1 N–H and O–H groups in total. The lowest BCUT2D eigenvalue weighted by molar-refractivity contribution is 0.296. The third kappa shape index (κ3) is 3.23. The number of hydrogen-bond donors (Lipinski definition) is 1. The molecular formula is C15H20BrNO2. The van der Waals surface area contributed by atoms with Crippen LogP contribution >= 0.6 is 15.9 Å². The fraction of sp³-hybridized carbons (Fsp3) is 0.600. The maximum absolute atomic E-state index is 5.78. The number of rotatable bonds is 2. The van der Waals surface area contributed by atoms with Crippen LogP contribution in [0.15, 0.2) is 16.6 Å². The van der Waals surface area contributed by atoms with Crippen LogP contribution in [0.25, 0.3) is 0 Å². The van der Waals surface area contributed by atoms with E-state index in [4.69, 9.17) is 9.47 Å². The second-order valence-electron chi connectivity index (χ2n) is 5.31. The molecule has 19 heavy (non-hydrogen) atoms. The summed E-state index contributed by atoms with van der Waals surface area (Å²) in [5, 5.41) is 3.59. The molecule has 1 aromatic rings. The number of piperidine rings is 1. The Morgan fingerprint density at radius 3 is 2.89 bits per heavy atom. The smallest absolute Gasteiger partial charge is 0.175 e. The zero-order valence-electron chi connectivity index (χ0n) is 11.1. The van der Waals surface area contributed by atoms with Crippen molar-refractivity contribution in [3.63, 3.8) is 0 Å². The van der Waals surface area contributed by atoms with Gasteiger partial charge in [0.25, 0.3) is 0 Å². The van der Waals surface area contributed by atoms with Gasteiger partial charge in [0.1, 0.15) is 0 Å². The van der Waals surface area contributed by atoms with Gasteiger partial charge in [-0.2, -0.15) is 0 Å². The van der Waals surface area contributed by atoms with E-state index in [1.165, 1.54) is 24.8 Å². The van der Waals surface area contributed by atoms with Gasteiger partial charge in [-0.05, 0) is 59.4 Å². The molecule has 3 rings (SSSR count). The zero-order chi connectivity index (χ0) is 13.1. The van der Waals surface area contributed by atoms with Gasteiger partial charge in [-0.1, -0.05) is 6.42 Å². The Bertz CT molecular complexity index is 444. The van der Waals surface area contributed by atoms with Crippen LogP contribution in [0.4, 0.5) is 0 Å². The molecule has 1 fully saturated rings. The molecule has 1 aromatic carbocycles. The molecule has 0 saturated carbocycles. The highest BCUT2D eigenvalue weighted by molar-refractivity contribution is 9.10. The van der Waals surface area contributed by atoms with Gasteiger partial charge < -0.3 is 14.8 Å². The minimum absolute atomic E-state index is 0.602. The molecule has 1 atom stereocenters. The summed E-state index contributed by atoms with van der Waals surface area (Å²) >= 11 is 3.61. The largest absolute Gasteiger partial charge is 0.490 e. The lowest BCUT2D eigenvalue weighted by Gasteiger charge is -2.24. The Kier molecular flexibility index (Phi) is 4.28. The van der Waals surface area contributed by atoms with E-state index >= 15 is 0 Å². The number of halogens is 1. The summed E-state index contributed by atoms with van der Waals surface area (Å²) in [5.41, 5.74) is 1.32. The summed E-state index contributed by atoms with van der Waals surface area (Å²) in [6.07, 6.45) is 5.92. The molecule has 0 aliphatic carbocycles. The molecule has 2 heterocycles. The van der Waals surface area contributed by atoms with Crippen molar-refractivity contribution in [3.05, 3.63) is 22.2 Å². The van der Waals surface area contributed by atoms with Crippen molar-refractivity contribution in [3.8, 4) is 11.5 Å². The molecule has 2 aliphatic rings. The second kappa shape index (κ2) is 6.14. The predicted molar refractivity (Wildman–Crippen MR) is 79.1 cm³/mol. The topological polar surface area (TPSA) is 30.5 Å². The van der Waals surface area contributed by atoms with Crippen LogP contribution in [0.2, 0.25) is 0 Å². The van der Waals surface area contributed by atoms with Gasteiger partial charge in [-0.3, -0.25) is 0 Å². The van der Waals surface area contributed by atoms with Gasteiger partial charge in [0.05, 0.1) is 17.7 Å². The number of fused-ring (bicyclic) bond motifs is 1. The van der Waals surface area contributed by atoms with E-state index in [0.29, 0.717) is 6.04 Å². The number of benzene rings is 1. The van der Waals surface area contributed by atoms with Gasteiger partial charge >= 0.3 is 0 Å². The molecule has 3 nitrogen and oxygen atoms in total. The molecule has 0 aromatic heterocycles. The fourth-order valence-corrected chi connectivity index (χ4v) is 3.39. The predicted octanol–water partition coefficient (Wildman–Crippen LogP) is 3.30. The van der Waals surface area contributed by atoms with Crippen molar-refractivity contribution in [2.24, 2.45) is 0 Å². The molecule has 1 unspecified atom stereocenters. The number of hydrogen-bond acceptors (Lipinski definition) is 3. The van der Waals surface area contributed by atoms with E-state index < -0.39 is 0 Å². The standard InChI is InChI=1S/C15H20BrNO2/c16-13-9-11(8-12-4-1-2-5-17-12)10-14-15(13)19-7-3-6-18-14/h9-10,12,17H,1-8H2. The Hall–Kier alpha value is -0.740. The van der Waals surface area contributed by atoms with E-state index in [1.807, 2.05) is 0 Å². The molecule has 1 saturated heterocycles. The van der Waals surface area contributed by atoms with Gasteiger partial charge in [-0.15, -0.1) is 0 Å². The third-order valence-corrected chi connectivity index (χ3v) is 4.35. The summed E-state index contributed by atoms with van der Waals surface area (Å²) < 4.78 is 12.5. The molecule has 4 heteroatoms. The highest BCUT2D eigenvalue weighted by Gasteiger charge is 2.18. The van der Waals surface area contributed by atoms with Crippen LogP contribution in [-0.4, -0.2) is 25.8 Å². The van der Waals surface area contributed by atoms with Crippen molar-refractivity contribution in [1.82, 2.24) is 5.32 Å². The Labute approximate surface area is 122 Å². The maximum Gasteiger partial charge on any atom is 0.175 e. The SMILES string of the molecule is Brc1cc(CC2CCCCN2)cc2c1OCCCO2. The lowest BCUT2D eigenvalue weighted by atomic mass is 9.97. The quantitative estimate of drug-likeness (QED) is 0.905. The van der Waals surface area contributed by atoms with Crippen molar-refractivity contribution in [2.75, 3.05) is 19.8 Å². The van der Waals surface area contributed by atoms with Gasteiger partial charge in [0.15, 0.2) is 11.5 Å². The van der Waals surface area contributed by atoms with E-state index in [0.717, 1.165) is 48.6 Å². The normalized spacial score (nSPS) is 22.9. The number of ether oxygens (including phenoxy) is 2. The average molecular weight is 326 g/mol. The van der Waals surface area contributed by atoms with Crippen LogP contribution < -0.4 is 14.8 Å². The van der Waals surface area contributed by atoms with Gasteiger partial charge in [0.2, 0.25) is 0 Å². The van der Waals surface area contributed by atoms with Crippen LogP contribution in [-0.2, 0) is 6.42 Å². The monoisotopic (exact) mass is 325 g/mol. The summed E-state index contributed by atoms with van der Waals surface area (Å²) in [6.45, 7) is 2.62. The molecule has 2 aliphatic heterocycles. The Morgan fingerprint density at radius 2 is 2.05 bits per heavy atom. The first-order chi connectivity index (χ1) is 9.33. The van der Waals surface area contributed by atoms with Gasteiger partial charge in [-0.25, -0.2) is 0 Å². The first-order valence-electron chi connectivity index (χ1n) is 7.14. The maximum atomic E-state index is 5.78. The van der Waals surface area contributed by atoms with Crippen LogP contribution in [0.5, 0.6) is 11.5 Å². The fourth-order valence-electron chi connectivity index (χ4n) is 2.78. The van der Waals surface area contributed by atoms with E-state index in [9.17, 15) is 0 Å². The molecule has 0 bridgehead atoms. The summed E-state index contributed by atoms with van der Waals surface area (Å²) in [4.78, 5) is 0. The highest BCUT2D eigenvalue weighted by Crippen LogP contribution is 2.38. The van der Waals surface area contributed by atoms with E-state index in [1.54, 1.807) is 0 Å². The molecule has 104 valence electrons. The minimum atomic E-state index is 0.602. The van der Waals surface area contributed by atoms with Crippen molar-refractivity contribution < 1.29 is 9.47 Å². The van der Waals surface area contributed by atoms with Crippen molar-refractivity contribution >= 4 is 15.9 Å².